The fraction of sp³-hybridized carbons (Fsp3) is 0.400. The van der Waals surface area contributed by atoms with Crippen LogP contribution in [0.2, 0.25) is 0 Å². The van der Waals surface area contributed by atoms with Crippen LogP contribution in [0, 0.1) is 25.1 Å². The van der Waals surface area contributed by atoms with Gasteiger partial charge in [0, 0.05) is 17.2 Å². The molecule has 0 heterocycles. The van der Waals surface area contributed by atoms with Gasteiger partial charge in [-0.25, -0.2) is 4.39 Å². The van der Waals surface area contributed by atoms with Crippen LogP contribution in [0.25, 0.3) is 0 Å². The van der Waals surface area contributed by atoms with E-state index in [1.165, 1.54) is 6.07 Å². The Hall–Kier alpha value is -2.02. The molecule has 0 spiro atoms. The molecule has 1 saturated carbocycles. The van der Waals surface area contributed by atoms with Crippen LogP contribution >= 0.6 is 0 Å². The minimum atomic E-state index is -0.531. The summed E-state index contributed by atoms with van der Waals surface area (Å²) in [7, 11) is 0. The standard InChI is InChI=1S/C15H16FNO2/c1-3-9-19-13-8-7-12(10(2)14(13)16)15(18)17-11-5-4-6-11/h1,7-8,11H,4-6,9H2,2H3,(H,17,18). The first-order valence-electron chi connectivity index (χ1n) is 6.29. The molecule has 0 aromatic heterocycles. The highest BCUT2D eigenvalue weighted by atomic mass is 19.1. The molecule has 1 aromatic rings. The van der Waals surface area contributed by atoms with Gasteiger partial charge in [-0.2, -0.15) is 0 Å². The lowest BCUT2D eigenvalue weighted by Gasteiger charge is -2.26. The first kappa shape index (κ1) is 13.4. The number of hydrogen-bond acceptors (Lipinski definition) is 2. The third-order valence-corrected chi connectivity index (χ3v) is 3.35. The zero-order chi connectivity index (χ0) is 13.8. The van der Waals surface area contributed by atoms with Gasteiger partial charge in [-0.3, -0.25) is 4.79 Å². The van der Waals surface area contributed by atoms with E-state index < -0.39 is 5.82 Å². The molecular formula is C15H16FNO2. The largest absolute Gasteiger partial charge is 0.478 e. The van der Waals surface area contributed by atoms with Crippen molar-refractivity contribution in [2.45, 2.75) is 32.2 Å². The number of hydrogen-bond donors (Lipinski definition) is 1. The van der Waals surface area contributed by atoms with Crippen molar-refractivity contribution in [3.05, 3.63) is 29.1 Å². The van der Waals surface area contributed by atoms with Gasteiger partial charge in [0.15, 0.2) is 11.6 Å². The summed E-state index contributed by atoms with van der Waals surface area (Å²) < 4.78 is 19.1. The van der Waals surface area contributed by atoms with E-state index in [1.54, 1.807) is 13.0 Å². The minimum Gasteiger partial charge on any atom is -0.478 e. The lowest BCUT2D eigenvalue weighted by Crippen LogP contribution is -2.39. The van der Waals surface area contributed by atoms with Crippen molar-refractivity contribution in [1.29, 1.82) is 0 Å². The van der Waals surface area contributed by atoms with Crippen LogP contribution in [0.4, 0.5) is 4.39 Å². The summed E-state index contributed by atoms with van der Waals surface area (Å²) in [6.45, 7) is 1.57. The maximum Gasteiger partial charge on any atom is 0.251 e. The van der Waals surface area contributed by atoms with E-state index in [0.29, 0.717) is 5.56 Å². The Labute approximate surface area is 112 Å². The minimum absolute atomic E-state index is 0.00395. The van der Waals surface area contributed by atoms with Crippen LogP contribution in [-0.4, -0.2) is 18.6 Å². The van der Waals surface area contributed by atoms with E-state index in [2.05, 4.69) is 11.2 Å². The number of amides is 1. The highest BCUT2D eigenvalue weighted by molar-refractivity contribution is 5.96. The SMILES string of the molecule is C#CCOc1ccc(C(=O)NC2CCC2)c(C)c1F. The molecular weight excluding hydrogens is 245 g/mol. The molecule has 0 bridgehead atoms. The molecule has 0 saturated heterocycles. The van der Waals surface area contributed by atoms with Gasteiger partial charge in [0.1, 0.15) is 6.61 Å². The van der Waals surface area contributed by atoms with Crippen molar-refractivity contribution in [3.8, 4) is 18.1 Å². The van der Waals surface area contributed by atoms with Crippen LogP contribution in [0.3, 0.4) is 0 Å². The van der Waals surface area contributed by atoms with E-state index in [1.807, 2.05) is 0 Å². The van der Waals surface area contributed by atoms with E-state index in [-0.39, 0.29) is 29.9 Å². The number of terminal acetylenes is 1. The number of ether oxygens (including phenoxy) is 1. The van der Waals surface area contributed by atoms with Gasteiger partial charge < -0.3 is 10.1 Å². The molecule has 1 aromatic carbocycles. The lowest BCUT2D eigenvalue weighted by atomic mass is 9.92. The normalized spacial score (nSPS) is 14.4. The van der Waals surface area contributed by atoms with Gasteiger partial charge in [0.05, 0.1) is 0 Å². The van der Waals surface area contributed by atoms with Crippen LogP contribution in [-0.2, 0) is 0 Å². The Morgan fingerprint density at radius 1 is 1.58 bits per heavy atom. The van der Waals surface area contributed by atoms with Gasteiger partial charge in [-0.15, -0.1) is 6.42 Å². The molecule has 3 nitrogen and oxygen atoms in total. The predicted molar refractivity (Wildman–Crippen MR) is 70.6 cm³/mol. The molecule has 1 fully saturated rings. The van der Waals surface area contributed by atoms with Crippen molar-refractivity contribution in [2.24, 2.45) is 0 Å². The molecule has 0 unspecified atom stereocenters. The van der Waals surface area contributed by atoms with Gasteiger partial charge in [0.25, 0.3) is 5.91 Å². The maximum atomic E-state index is 14.0. The third-order valence-electron chi connectivity index (χ3n) is 3.35. The molecule has 0 aliphatic heterocycles. The summed E-state index contributed by atoms with van der Waals surface area (Å²) in [5, 5.41) is 2.88. The van der Waals surface area contributed by atoms with Crippen LogP contribution in [0.15, 0.2) is 12.1 Å². The Balaban J connectivity index is 2.15. The van der Waals surface area contributed by atoms with Gasteiger partial charge in [-0.1, -0.05) is 5.92 Å². The molecule has 100 valence electrons. The second-order valence-corrected chi connectivity index (χ2v) is 4.64. The van der Waals surface area contributed by atoms with Crippen molar-refractivity contribution >= 4 is 5.91 Å². The summed E-state index contributed by atoms with van der Waals surface area (Å²) in [6, 6.07) is 3.24. The molecule has 1 aliphatic carbocycles. The summed E-state index contributed by atoms with van der Waals surface area (Å²) in [4.78, 5) is 12.0. The van der Waals surface area contributed by atoms with Gasteiger partial charge >= 0.3 is 0 Å². The smallest absolute Gasteiger partial charge is 0.251 e. The second kappa shape index (κ2) is 5.75. The van der Waals surface area contributed by atoms with Gasteiger partial charge in [-0.05, 0) is 38.3 Å². The zero-order valence-corrected chi connectivity index (χ0v) is 10.8. The Morgan fingerprint density at radius 3 is 2.89 bits per heavy atom. The monoisotopic (exact) mass is 261 g/mol. The van der Waals surface area contributed by atoms with Crippen molar-refractivity contribution < 1.29 is 13.9 Å². The first-order chi connectivity index (χ1) is 9.13. The fourth-order valence-corrected chi connectivity index (χ4v) is 1.95. The Kier molecular flexibility index (Phi) is 4.06. The zero-order valence-electron chi connectivity index (χ0n) is 10.8. The molecule has 19 heavy (non-hydrogen) atoms. The Bertz CT molecular complexity index is 530. The summed E-state index contributed by atoms with van der Waals surface area (Å²) in [5.41, 5.74) is 0.629. The first-order valence-corrected chi connectivity index (χ1v) is 6.29. The molecule has 0 radical (unpaired) electrons. The quantitative estimate of drug-likeness (QED) is 0.845. The van der Waals surface area contributed by atoms with Crippen LogP contribution < -0.4 is 10.1 Å². The number of carbonyl (C=O) groups is 1. The molecule has 0 atom stereocenters. The summed E-state index contributed by atoms with van der Waals surface area (Å²) in [5.74, 6) is 1.59. The maximum absolute atomic E-state index is 14.0. The van der Waals surface area contributed by atoms with E-state index in [9.17, 15) is 9.18 Å². The van der Waals surface area contributed by atoms with Gasteiger partial charge in [0.2, 0.25) is 0 Å². The molecule has 1 N–H and O–H groups in total. The third kappa shape index (κ3) is 2.87. The number of rotatable bonds is 4. The molecule has 1 amide bonds. The highest BCUT2D eigenvalue weighted by Crippen LogP contribution is 2.24. The average molecular weight is 261 g/mol. The van der Waals surface area contributed by atoms with Crippen LogP contribution in [0.5, 0.6) is 5.75 Å². The predicted octanol–water partition coefficient (Wildman–Crippen LogP) is 2.43. The summed E-state index contributed by atoms with van der Waals surface area (Å²) in [6.07, 6.45) is 8.19. The number of nitrogens with one attached hydrogen (secondary N) is 1. The van der Waals surface area contributed by atoms with E-state index in [0.717, 1.165) is 19.3 Å². The lowest BCUT2D eigenvalue weighted by molar-refractivity contribution is 0.0915. The topological polar surface area (TPSA) is 38.3 Å². The fourth-order valence-electron chi connectivity index (χ4n) is 1.95. The van der Waals surface area contributed by atoms with E-state index in [4.69, 9.17) is 11.2 Å². The Morgan fingerprint density at radius 2 is 2.32 bits per heavy atom. The van der Waals surface area contributed by atoms with E-state index >= 15 is 0 Å². The number of carbonyl (C=O) groups excluding carboxylic acids is 1. The molecule has 1 aliphatic rings. The van der Waals surface area contributed by atoms with Crippen molar-refractivity contribution in [1.82, 2.24) is 5.32 Å². The number of benzene rings is 1. The van der Waals surface area contributed by atoms with Crippen molar-refractivity contribution in [3.63, 3.8) is 0 Å². The number of halogens is 1. The van der Waals surface area contributed by atoms with Crippen molar-refractivity contribution in [2.75, 3.05) is 6.61 Å². The summed E-state index contributed by atoms with van der Waals surface area (Å²) >= 11 is 0. The molecule has 2 rings (SSSR count). The average Bonchev–Trinajstić information content (AvgIpc) is 2.35. The van der Waals surface area contributed by atoms with Crippen LogP contribution in [0.1, 0.15) is 35.2 Å². The molecule has 4 heteroatoms. The highest BCUT2D eigenvalue weighted by Gasteiger charge is 2.22. The second-order valence-electron chi connectivity index (χ2n) is 4.64.